The molecule has 1 fully saturated rings. The summed E-state index contributed by atoms with van der Waals surface area (Å²) < 4.78 is 17.5. The number of aromatic nitrogens is 1. The Hall–Kier alpha value is -1.63. The van der Waals surface area contributed by atoms with Crippen molar-refractivity contribution in [1.82, 2.24) is 4.98 Å². The molecule has 1 aromatic heterocycles. The molecule has 0 atom stereocenters. The largest absolute Gasteiger partial charge is 0.496 e. The van der Waals surface area contributed by atoms with Crippen molar-refractivity contribution < 1.29 is 14.0 Å². The topological polar surface area (TPSA) is 40.6 Å². The maximum atomic E-state index is 6.17. The number of hydrogen-bond acceptors (Lipinski definition) is 5. The van der Waals surface area contributed by atoms with E-state index in [-0.39, 0.29) is 18.3 Å². The summed E-state index contributed by atoms with van der Waals surface area (Å²) in [7, 11) is 1.23. The first-order chi connectivity index (χ1) is 11.7. The fourth-order valence-corrected chi connectivity index (χ4v) is 4.16. The van der Waals surface area contributed by atoms with Crippen LogP contribution in [-0.4, -0.2) is 30.4 Å². The molecule has 0 saturated carbocycles. The Morgan fingerprint density at radius 3 is 2.56 bits per heavy atom. The van der Waals surface area contributed by atoms with Crippen LogP contribution in [0.2, 0.25) is 0 Å². The van der Waals surface area contributed by atoms with Gasteiger partial charge in [0.2, 0.25) is 0 Å². The van der Waals surface area contributed by atoms with Crippen molar-refractivity contribution in [1.29, 1.82) is 0 Å². The fourth-order valence-electron chi connectivity index (χ4n) is 3.30. The number of nitrogens with zero attached hydrogens (tertiary/aromatic N) is 1. The van der Waals surface area contributed by atoms with Gasteiger partial charge >= 0.3 is 7.12 Å². The first-order valence-corrected chi connectivity index (χ1v) is 9.16. The number of benzene rings is 1. The lowest BCUT2D eigenvalue weighted by Crippen LogP contribution is -2.56. The van der Waals surface area contributed by atoms with E-state index in [1.54, 1.807) is 24.6 Å². The maximum absolute atomic E-state index is 6.17. The minimum Gasteiger partial charge on any atom is -0.496 e. The van der Waals surface area contributed by atoms with E-state index in [4.69, 9.17) is 14.0 Å². The van der Waals surface area contributed by atoms with Crippen LogP contribution in [0.25, 0.3) is 16.3 Å². The zero-order valence-electron chi connectivity index (χ0n) is 15.5. The second-order valence-electron chi connectivity index (χ2n) is 7.55. The van der Waals surface area contributed by atoms with E-state index in [2.05, 4.69) is 45.3 Å². The molecule has 0 spiro atoms. The molecule has 0 aliphatic carbocycles. The normalized spacial score (nSPS) is 18.8. The van der Waals surface area contributed by atoms with Crippen LogP contribution < -0.4 is 5.46 Å². The van der Waals surface area contributed by atoms with Gasteiger partial charge in [-0.1, -0.05) is 30.8 Å². The van der Waals surface area contributed by atoms with E-state index >= 15 is 0 Å². The first kappa shape index (κ1) is 18.2. The van der Waals surface area contributed by atoms with Crippen molar-refractivity contribution in [2.75, 3.05) is 7.11 Å². The van der Waals surface area contributed by atoms with Gasteiger partial charge in [0.1, 0.15) is 10.8 Å². The van der Waals surface area contributed by atoms with Gasteiger partial charge in [-0.05, 0) is 33.2 Å². The van der Waals surface area contributed by atoms with Crippen LogP contribution in [0.15, 0.2) is 37.0 Å². The quantitative estimate of drug-likeness (QED) is 0.610. The lowest BCUT2D eigenvalue weighted by atomic mass is 9.72. The molecule has 0 amide bonds. The van der Waals surface area contributed by atoms with Crippen LogP contribution in [0.1, 0.15) is 39.0 Å². The van der Waals surface area contributed by atoms with Crippen molar-refractivity contribution in [2.45, 2.75) is 45.3 Å². The lowest BCUT2D eigenvalue weighted by molar-refractivity contribution is -0.0716. The Bertz CT molecular complexity index is 768. The monoisotopic (exact) mass is 357 g/mol. The molecule has 0 unspecified atom stereocenters. The van der Waals surface area contributed by atoms with Gasteiger partial charge in [0, 0.05) is 18.2 Å². The Balaban J connectivity index is 1.89. The van der Waals surface area contributed by atoms with Crippen LogP contribution in [0.5, 0.6) is 0 Å². The highest BCUT2D eigenvalue weighted by molar-refractivity contribution is 7.16. The molecule has 1 aliphatic heterocycles. The molecule has 1 aromatic carbocycles. The molecule has 3 rings (SSSR count). The standard InChI is InChI=1S/C19H24BNO3S/c1-13(22-6)16-11-21-17(25-16)14-8-7-9-15(10-14)20-23-18(2,3)12-19(4,5)24-20/h7-11H,1,12H2,2-6H3. The highest BCUT2D eigenvalue weighted by Gasteiger charge is 2.43. The molecule has 25 heavy (non-hydrogen) atoms. The minimum absolute atomic E-state index is 0.229. The molecule has 1 saturated heterocycles. The van der Waals surface area contributed by atoms with Gasteiger partial charge in [-0.25, -0.2) is 4.98 Å². The lowest BCUT2D eigenvalue weighted by Gasteiger charge is -2.44. The number of ether oxygens (including phenoxy) is 1. The second-order valence-corrected chi connectivity index (χ2v) is 8.58. The van der Waals surface area contributed by atoms with Crippen molar-refractivity contribution in [3.63, 3.8) is 0 Å². The third kappa shape index (κ3) is 4.14. The van der Waals surface area contributed by atoms with Gasteiger partial charge in [-0.3, -0.25) is 0 Å². The second kappa shape index (κ2) is 6.59. The van der Waals surface area contributed by atoms with Gasteiger partial charge in [0.25, 0.3) is 0 Å². The van der Waals surface area contributed by atoms with Crippen molar-refractivity contribution in [3.8, 4) is 10.6 Å². The molecule has 2 heterocycles. The van der Waals surface area contributed by atoms with E-state index in [0.717, 1.165) is 27.3 Å². The van der Waals surface area contributed by atoms with Gasteiger partial charge in [0.15, 0.2) is 0 Å². The Morgan fingerprint density at radius 2 is 1.92 bits per heavy atom. The maximum Gasteiger partial charge on any atom is 0.494 e. The van der Waals surface area contributed by atoms with E-state index in [1.807, 2.05) is 18.2 Å². The summed E-state index contributed by atoms with van der Waals surface area (Å²) in [6, 6.07) is 8.17. The smallest absolute Gasteiger partial charge is 0.494 e. The summed E-state index contributed by atoms with van der Waals surface area (Å²) >= 11 is 1.56. The predicted octanol–water partition coefficient (Wildman–Crippen LogP) is 4.12. The Labute approximate surface area is 154 Å². The van der Waals surface area contributed by atoms with E-state index in [0.29, 0.717) is 5.76 Å². The number of hydrogen-bond donors (Lipinski definition) is 0. The summed E-state index contributed by atoms with van der Waals surface area (Å²) in [4.78, 5) is 5.42. The molecular formula is C19H24BNO3S. The highest BCUT2D eigenvalue weighted by atomic mass is 32.1. The van der Waals surface area contributed by atoms with E-state index in [9.17, 15) is 0 Å². The van der Waals surface area contributed by atoms with Gasteiger partial charge < -0.3 is 14.0 Å². The SMILES string of the molecule is C=C(OC)c1cnc(-c2cccc(B3OC(C)(C)CC(C)(C)O3)c2)s1. The Morgan fingerprint density at radius 1 is 1.24 bits per heavy atom. The molecule has 132 valence electrons. The third-order valence-corrected chi connectivity index (χ3v) is 5.22. The van der Waals surface area contributed by atoms with Gasteiger partial charge in [0.05, 0.1) is 23.2 Å². The van der Waals surface area contributed by atoms with Crippen LogP contribution >= 0.6 is 11.3 Å². The summed E-state index contributed by atoms with van der Waals surface area (Å²) in [5.74, 6) is 0.627. The van der Waals surface area contributed by atoms with Gasteiger partial charge in [-0.15, -0.1) is 11.3 Å². The molecular weight excluding hydrogens is 333 g/mol. The highest BCUT2D eigenvalue weighted by Crippen LogP contribution is 2.33. The van der Waals surface area contributed by atoms with Crippen LogP contribution in [-0.2, 0) is 14.0 Å². The molecule has 4 nitrogen and oxygen atoms in total. The zero-order valence-corrected chi connectivity index (χ0v) is 16.3. The predicted molar refractivity (Wildman–Crippen MR) is 104 cm³/mol. The van der Waals surface area contributed by atoms with E-state index < -0.39 is 0 Å². The minimum atomic E-state index is -0.382. The van der Waals surface area contributed by atoms with Crippen LogP contribution in [0.3, 0.4) is 0 Å². The number of rotatable bonds is 4. The molecule has 0 bridgehead atoms. The van der Waals surface area contributed by atoms with Crippen LogP contribution in [0, 0.1) is 0 Å². The summed E-state index contributed by atoms with van der Waals surface area (Å²) in [6.45, 7) is 12.3. The third-order valence-electron chi connectivity index (χ3n) is 4.14. The Kier molecular flexibility index (Phi) is 4.79. The molecule has 2 aromatic rings. The summed E-state index contributed by atoms with van der Waals surface area (Å²) in [5, 5.41) is 0.921. The van der Waals surface area contributed by atoms with Gasteiger partial charge in [-0.2, -0.15) is 0 Å². The van der Waals surface area contributed by atoms with Crippen molar-refractivity contribution in [3.05, 3.63) is 41.9 Å². The van der Waals surface area contributed by atoms with E-state index in [1.165, 1.54) is 0 Å². The molecule has 1 aliphatic rings. The summed E-state index contributed by atoms with van der Waals surface area (Å²) in [6.07, 6.45) is 2.64. The van der Waals surface area contributed by atoms with Crippen molar-refractivity contribution in [2.24, 2.45) is 0 Å². The fraction of sp³-hybridized carbons (Fsp3) is 0.421. The average molecular weight is 357 g/mol. The average Bonchev–Trinajstić information content (AvgIpc) is 3.01. The number of thiazole rings is 1. The van der Waals surface area contributed by atoms with Crippen molar-refractivity contribution >= 4 is 29.7 Å². The number of methoxy groups -OCH3 is 1. The molecule has 0 radical (unpaired) electrons. The summed E-state index contributed by atoms with van der Waals surface area (Å²) in [5.41, 5.74) is 1.58. The van der Waals surface area contributed by atoms with Crippen LogP contribution in [0.4, 0.5) is 0 Å². The molecule has 0 N–H and O–H groups in total. The molecule has 6 heteroatoms. The zero-order chi connectivity index (χ0) is 18.2. The first-order valence-electron chi connectivity index (χ1n) is 8.34.